The van der Waals surface area contributed by atoms with E-state index in [1.807, 2.05) is 46.2 Å². The molecule has 0 saturated carbocycles. The molecule has 0 spiro atoms. The first-order valence-electron chi connectivity index (χ1n) is 14.1. The number of nitrogen functional groups attached to an aromatic ring is 2. The second-order valence-electron chi connectivity index (χ2n) is 10.2. The third-order valence-corrected chi connectivity index (χ3v) is 7.13. The largest absolute Gasteiger partial charge is 0.542 e. The Kier molecular flexibility index (Phi) is 14.0. The molecule has 6 N–H and O–H groups in total. The average Bonchev–Trinajstić information content (AvgIpc) is 3.32. The van der Waals surface area contributed by atoms with E-state index < -0.39 is 30.2 Å². The van der Waals surface area contributed by atoms with Crippen LogP contribution in [0.15, 0.2) is 18.2 Å². The lowest BCUT2D eigenvalue weighted by atomic mass is 10.3. The number of piperazine rings is 1. The number of methoxy groups -OCH3 is 1. The van der Waals surface area contributed by atoms with Crippen LogP contribution in [-0.2, 0) is 34.0 Å². The fourth-order valence-electron chi connectivity index (χ4n) is 4.36. The number of benzene rings is 1. The zero-order valence-electron chi connectivity index (χ0n) is 26.6. The van der Waals surface area contributed by atoms with Crippen LogP contribution in [0.2, 0.25) is 5.15 Å². The predicted molar refractivity (Wildman–Crippen MR) is 160 cm³/mol. The number of likely N-dealkylation sites (N-methyl/N-ethyl adjacent to an activating group) is 1. The maximum absolute atomic E-state index is 13.3. The molecule has 2 amide bonds. The van der Waals surface area contributed by atoms with E-state index in [0.717, 1.165) is 29.9 Å². The lowest BCUT2D eigenvalue weighted by Crippen LogP contribution is -2.53. The highest BCUT2D eigenvalue weighted by Gasteiger charge is 2.38. The zero-order valence-corrected chi connectivity index (χ0v) is 27.3. The maximum Gasteiger partial charge on any atom is 0.490 e. The standard InChI is InChI=1S/C23H30ClN9O3.2C2HF3O2/c1-4-32-16-11-14(36-3)5-6-15(16)33(13-18(34)31-9-7-30(2)8-10-31)17(32)12-27-23(35)19-21(25)29-22(26)20(24)28-19;2*3-2(4,5)1(6)7/h5-6,11H,4,7-10,12-13H2,1-3H3,(H4-,25,26,27,29,35);2*(H,6,7). The van der Waals surface area contributed by atoms with Crippen LogP contribution in [0.3, 0.4) is 0 Å². The number of aromatic nitrogens is 4. The number of anilines is 2. The highest BCUT2D eigenvalue weighted by atomic mass is 35.5. The van der Waals surface area contributed by atoms with Gasteiger partial charge >= 0.3 is 18.3 Å². The van der Waals surface area contributed by atoms with Gasteiger partial charge in [-0.05, 0) is 26.1 Å². The van der Waals surface area contributed by atoms with Crippen LogP contribution < -0.4 is 31.2 Å². The first-order chi connectivity index (χ1) is 23.1. The van der Waals surface area contributed by atoms with Gasteiger partial charge in [-0.15, -0.1) is 0 Å². The Morgan fingerprint density at radius 1 is 1.04 bits per heavy atom. The molecule has 4 rings (SSSR count). The fourth-order valence-corrected chi connectivity index (χ4v) is 4.49. The van der Waals surface area contributed by atoms with Crippen LogP contribution in [-0.4, -0.2) is 106 Å². The van der Waals surface area contributed by atoms with Crippen LogP contribution in [0.25, 0.3) is 11.0 Å². The van der Waals surface area contributed by atoms with E-state index in [-0.39, 0.29) is 41.5 Å². The van der Waals surface area contributed by atoms with E-state index in [1.54, 1.807) is 7.11 Å². The Labute approximate surface area is 284 Å². The lowest BCUT2D eigenvalue weighted by Gasteiger charge is -2.32. The molecule has 0 aliphatic carbocycles. The number of aryl methyl sites for hydroxylation is 1. The van der Waals surface area contributed by atoms with Gasteiger partial charge in [-0.25, -0.2) is 23.9 Å². The van der Waals surface area contributed by atoms with E-state index >= 15 is 0 Å². The van der Waals surface area contributed by atoms with Gasteiger partial charge < -0.3 is 46.3 Å². The van der Waals surface area contributed by atoms with Crippen molar-refractivity contribution in [3.8, 4) is 5.75 Å². The predicted octanol–water partition coefficient (Wildman–Crippen LogP) is 0.201. The number of nitrogens with two attached hydrogens (primary N) is 2. The Balaban J connectivity index is 0.000000521. The molecule has 16 nitrogen and oxygen atoms in total. The summed E-state index contributed by atoms with van der Waals surface area (Å²) in [5, 5.41) is 18.7. The number of carboxylic acids is 2. The molecule has 3 heterocycles. The molecule has 1 saturated heterocycles. The zero-order chi connectivity index (χ0) is 38.1. The Hall–Kier alpha value is -5.12. The molecule has 1 fully saturated rings. The summed E-state index contributed by atoms with van der Waals surface area (Å²) < 4.78 is 72.7. The highest BCUT2D eigenvalue weighted by molar-refractivity contribution is 6.31. The van der Waals surface area contributed by atoms with Gasteiger partial charge in [0.2, 0.25) is 0 Å². The molecule has 23 heteroatoms. The number of halogens is 7. The lowest BCUT2D eigenvalue weighted by molar-refractivity contribution is -0.668. The van der Waals surface area contributed by atoms with Crippen molar-refractivity contribution in [2.45, 2.75) is 38.9 Å². The molecular weight excluding hydrogens is 712 g/mol. The van der Waals surface area contributed by atoms with Gasteiger partial charge in [-0.1, -0.05) is 11.6 Å². The third-order valence-electron chi connectivity index (χ3n) is 6.85. The summed E-state index contributed by atoms with van der Waals surface area (Å²) in [4.78, 5) is 55.8. The third kappa shape index (κ3) is 10.9. The summed E-state index contributed by atoms with van der Waals surface area (Å²) in [7, 11) is 3.65. The maximum atomic E-state index is 13.3. The second-order valence-corrected chi connectivity index (χ2v) is 10.5. The number of carboxylic acid groups (broad SMARTS) is 2. The van der Waals surface area contributed by atoms with Crippen LogP contribution in [0.1, 0.15) is 23.2 Å². The van der Waals surface area contributed by atoms with Gasteiger partial charge in [0.05, 0.1) is 13.7 Å². The molecule has 3 aromatic rings. The van der Waals surface area contributed by atoms with E-state index in [4.69, 9.17) is 47.6 Å². The quantitative estimate of drug-likeness (QED) is 0.188. The van der Waals surface area contributed by atoms with E-state index in [1.165, 1.54) is 0 Å². The molecule has 0 radical (unpaired) electrons. The van der Waals surface area contributed by atoms with E-state index in [9.17, 15) is 35.9 Å². The number of fused-ring (bicyclic) bond motifs is 1. The van der Waals surface area contributed by atoms with Gasteiger partial charge in [-0.2, -0.15) is 26.3 Å². The second kappa shape index (κ2) is 17.0. The highest BCUT2D eigenvalue weighted by Crippen LogP contribution is 2.22. The van der Waals surface area contributed by atoms with Crippen LogP contribution >= 0.6 is 11.6 Å². The molecule has 50 heavy (non-hydrogen) atoms. The number of alkyl halides is 6. The minimum atomic E-state index is -5.19. The van der Waals surface area contributed by atoms with E-state index in [2.05, 4.69) is 20.2 Å². The number of amides is 2. The molecule has 1 aliphatic heterocycles. The summed E-state index contributed by atoms with van der Waals surface area (Å²) in [5.41, 5.74) is 13.1. The van der Waals surface area contributed by atoms with Gasteiger partial charge in [0.25, 0.3) is 17.6 Å². The van der Waals surface area contributed by atoms with Crippen molar-refractivity contribution < 1.29 is 65.0 Å². The fraction of sp³-hybridized carbons (Fsp3) is 0.444. The number of carbonyl (C=O) groups is 4. The summed E-state index contributed by atoms with van der Waals surface area (Å²) in [6.07, 6.45) is -10.3. The minimum absolute atomic E-state index is 0.0204. The number of aliphatic carboxylic acids is 2. The van der Waals surface area contributed by atoms with Crippen molar-refractivity contribution in [1.29, 1.82) is 0 Å². The Morgan fingerprint density at radius 3 is 2.08 bits per heavy atom. The van der Waals surface area contributed by atoms with Crippen molar-refractivity contribution >= 4 is 58.0 Å². The normalized spacial score (nSPS) is 13.4. The minimum Gasteiger partial charge on any atom is -0.542 e. The number of ether oxygens (including phenoxy) is 1. The van der Waals surface area contributed by atoms with Crippen molar-refractivity contribution in [2.24, 2.45) is 0 Å². The molecule has 0 unspecified atom stereocenters. The number of carbonyl (C=O) groups excluding carboxylic acids is 3. The average molecular weight is 744 g/mol. The first kappa shape index (κ1) is 41.1. The Morgan fingerprint density at radius 2 is 1.60 bits per heavy atom. The number of hydrogen-bond donors (Lipinski definition) is 4. The van der Waals surface area contributed by atoms with Crippen LogP contribution in [0.4, 0.5) is 38.0 Å². The molecule has 1 aromatic carbocycles. The molecule has 2 aromatic heterocycles. The van der Waals surface area contributed by atoms with Crippen molar-refractivity contribution in [2.75, 3.05) is 51.8 Å². The summed E-state index contributed by atoms with van der Waals surface area (Å²) in [6.45, 7) is 5.89. The molecule has 276 valence electrons. The molecule has 0 bridgehead atoms. The Bertz CT molecular complexity index is 1690. The summed E-state index contributed by atoms with van der Waals surface area (Å²) >= 11 is 5.94. The van der Waals surface area contributed by atoms with Gasteiger partial charge in [0.1, 0.15) is 18.3 Å². The number of nitrogens with one attached hydrogen (secondary N) is 1. The number of nitrogens with zero attached hydrogens (tertiary/aromatic N) is 6. The van der Waals surface area contributed by atoms with Crippen molar-refractivity contribution in [1.82, 2.24) is 29.7 Å². The number of rotatable bonds is 7. The molecule has 0 atom stereocenters. The van der Waals surface area contributed by atoms with Crippen LogP contribution in [0.5, 0.6) is 5.75 Å². The summed E-state index contributed by atoms with van der Waals surface area (Å²) in [6, 6.07) is 5.70. The number of imidazole rings is 1. The monoisotopic (exact) mass is 743 g/mol. The number of hydrogen-bond acceptors (Lipinski definition) is 11. The molecular formula is C27H32ClF6N9O7. The van der Waals surface area contributed by atoms with Crippen molar-refractivity contribution in [3.05, 3.63) is 34.9 Å². The van der Waals surface area contributed by atoms with Crippen molar-refractivity contribution in [3.63, 3.8) is 0 Å². The molecule has 1 aliphatic rings. The summed E-state index contributed by atoms with van der Waals surface area (Å²) in [5.74, 6) is -5.03. The van der Waals surface area contributed by atoms with E-state index in [0.29, 0.717) is 25.4 Å². The van der Waals surface area contributed by atoms with Gasteiger partial charge in [-0.3, -0.25) is 9.59 Å². The van der Waals surface area contributed by atoms with Gasteiger partial charge in [0, 0.05) is 32.2 Å². The van der Waals surface area contributed by atoms with Gasteiger partial charge in [0.15, 0.2) is 40.1 Å². The smallest absolute Gasteiger partial charge is 0.490 e. The topological polar surface area (TPSA) is 226 Å². The van der Waals surface area contributed by atoms with Crippen LogP contribution in [0, 0.1) is 0 Å². The first-order valence-corrected chi connectivity index (χ1v) is 14.5. The SMILES string of the molecule is CCn1c(CNC(=O)c2nc(Cl)c(N)nc2N)[n+](CC(=O)N2CCN(C)CC2)c2ccc(OC)cc21.O=C(O)C(F)(F)F.O=C([O-])C(F)(F)F.